The van der Waals surface area contributed by atoms with Crippen LogP contribution in [0.1, 0.15) is 24.0 Å². The van der Waals surface area contributed by atoms with Crippen LogP contribution in [0, 0.1) is 0 Å². The summed E-state index contributed by atoms with van der Waals surface area (Å²) in [6, 6.07) is 21.0. The lowest BCUT2D eigenvalue weighted by atomic mass is 10.1. The van der Waals surface area contributed by atoms with Crippen LogP contribution in [0.4, 0.5) is 24.5 Å². The number of thioether (sulfide) groups is 1. The molecule has 37 heavy (non-hydrogen) atoms. The number of anilines is 1. The molecule has 2 amide bonds. The van der Waals surface area contributed by atoms with E-state index in [0.717, 1.165) is 29.5 Å². The van der Waals surface area contributed by atoms with Crippen molar-refractivity contribution in [3.8, 4) is 0 Å². The van der Waals surface area contributed by atoms with Gasteiger partial charge in [-0.15, -0.1) is 0 Å². The summed E-state index contributed by atoms with van der Waals surface area (Å²) in [5, 5.41) is 2.44. The summed E-state index contributed by atoms with van der Waals surface area (Å²) in [6.45, 7) is 0.317. The fraction of sp³-hybridized carbons (Fsp3) is 0.222. The average molecular weight is 546 g/mol. The molecule has 1 aliphatic heterocycles. The molecule has 10 heteroatoms. The predicted molar refractivity (Wildman–Crippen MR) is 141 cm³/mol. The molecule has 0 aliphatic carbocycles. The zero-order valence-electron chi connectivity index (χ0n) is 19.5. The third kappa shape index (κ3) is 7.14. The van der Waals surface area contributed by atoms with Crippen LogP contribution in [-0.2, 0) is 22.2 Å². The minimum Gasteiger partial charge on any atom is -0.324 e. The van der Waals surface area contributed by atoms with Gasteiger partial charge in [-0.25, -0.2) is 4.99 Å². The summed E-state index contributed by atoms with van der Waals surface area (Å²) >= 11 is 7.19. The molecule has 1 atom stereocenters. The van der Waals surface area contributed by atoms with Crippen LogP contribution in [0.15, 0.2) is 83.9 Å². The van der Waals surface area contributed by atoms with E-state index in [-0.39, 0.29) is 23.2 Å². The summed E-state index contributed by atoms with van der Waals surface area (Å²) in [4.78, 5) is 32.0. The van der Waals surface area contributed by atoms with Crippen molar-refractivity contribution in [1.29, 1.82) is 0 Å². The fourth-order valence-electron chi connectivity index (χ4n) is 3.79. The third-order valence-corrected chi connectivity index (χ3v) is 7.17. The zero-order valence-corrected chi connectivity index (χ0v) is 21.1. The zero-order chi connectivity index (χ0) is 26.4. The summed E-state index contributed by atoms with van der Waals surface area (Å²) in [6.07, 6.45) is -3.27. The molecule has 1 aliphatic rings. The number of rotatable bonds is 7. The van der Waals surface area contributed by atoms with Gasteiger partial charge in [0.15, 0.2) is 5.17 Å². The van der Waals surface area contributed by atoms with Gasteiger partial charge in [-0.05, 0) is 48.7 Å². The number of aliphatic imine (C=N–C) groups is 1. The first-order valence-corrected chi connectivity index (χ1v) is 12.8. The van der Waals surface area contributed by atoms with Crippen LogP contribution in [-0.4, -0.2) is 33.7 Å². The van der Waals surface area contributed by atoms with Crippen molar-refractivity contribution in [3.05, 3.63) is 95.0 Å². The molecule has 3 aromatic carbocycles. The highest BCUT2D eigenvalue weighted by atomic mass is 35.5. The lowest BCUT2D eigenvalue weighted by molar-refractivity contribution is -0.137. The quantitative estimate of drug-likeness (QED) is 0.349. The molecule has 0 radical (unpaired) electrons. The number of benzene rings is 3. The van der Waals surface area contributed by atoms with Gasteiger partial charge in [0.1, 0.15) is 5.25 Å². The van der Waals surface area contributed by atoms with E-state index in [4.69, 9.17) is 11.6 Å². The Morgan fingerprint density at radius 3 is 2.51 bits per heavy atom. The molecule has 1 N–H and O–H groups in total. The maximum Gasteiger partial charge on any atom is 0.416 e. The normalized spacial score (nSPS) is 17.2. The van der Waals surface area contributed by atoms with Gasteiger partial charge in [0, 0.05) is 13.0 Å². The molecular formula is C27H23ClF3N3O2S. The number of alkyl halides is 3. The number of aryl methyl sites for hydroxylation is 1. The van der Waals surface area contributed by atoms with Gasteiger partial charge >= 0.3 is 6.18 Å². The Balaban J connectivity index is 1.57. The van der Waals surface area contributed by atoms with Crippen molar-refractivity contribution in [2.75, 3.05) is 11.9 Å². The van der Waals surface area contributed by atoms with E-state index in [2.05, 4.69) is 10.3 Å². The number of hydrogen-bond acceptors (Lipinski definition) is 4. The second-order valence-electron chi connectivity index (χ2n) is 8.36. The van der Waals surface area contributed by atoms with Gasteiger partial charge in [-0.3, -0.25) is 14.5 Å². The number of hydrogen-bond donors (Lipinski definition) is 1. The molecule has 1 fully saturated rings. The Morgan fingerprint density at radius 2 is 1.78 bits per heavy atom. The monoisotopic (exact) mass is 545 g/mol. The van der Waals surface area contributed by atoms with Gasteiger partial charge in [0.25, 0.3) is 0 Å². The van der Waals surface area contributed by atoms with Crippen LogP contribution in [0.25, 0.3) is 0 Å². The van der Waals surface area contributed by atoms with E-state index < -0.39 is 22.9 Å². The van der Waals surface area contributed by atoms with Gasteiger partial charge in [-0.2, -0.15) is 13.2 Å². The van der Waals surface area contributed by atoms with Crippen LogP contribution in [0.3, 0.4) is 0 Å². The minimum atomic E-state index is -4.53. The second kappa shape index (κ2) is 11.8. The molecule has 1 saturated heterocycles. The highest BCUT2D eigenvalue weighted by Gasteiger charge is 2.36. The van der Waals surface area contributed by atoms with Crippen LogP contribution < -0.4 is 5.32 Å². The third-order valence-electron chi connectivity index (χ3n) is 5.65. The van der Waals surface area contributed by atoms with Crippen molar-refractivity contribution < 1.29 is 22.8 Å². The number of carbonyl (C=O) groups is 2. The summed E-state index contributed by atoms with van der Waals surface area (Å²) in [5.74, 6) is -0.760. The molecule has 192 valence electrons. The minimum absolute atomic E-state index is 0.0466. The first kappa shape index (κ1) is 26.8. The van der Waals surface area contributed by atoms with Crippen molar-refractivity contribution in [2.45, 2.75) is 30.7 Å². The molecule has 5 nitrogen and oxygen atoms in total. The number of nitrogens with zero attached hydrogens (tertiary/aromatic N) is 2. The number of nitrogens with one attached hydrogen (secondary N) is 1. The Bertz CT molecular complexity index is 1300. The smallest absolute Gasteiger partial charge is 0.324 e. The Morgan fingerprint density at radius 1 is 1.05 bits per heavy atom. The fourth-order valence-corrected chi connectivity index (χ4v) is 5.09. The van der Waals surface area contributed by atoms with E-state index in [1.807, 2.05) is 30.3 Å². The van der Waals surface area contributed by atoms with Gasteiger partial charge in [0.2, 0.25) is 11.8 Å². The Labute approximate surface area is 221 Å². The van der Waals surface area contributed by atoms with Crippen LogP contribution in [0.2, 0.25) is 5.02 Å². The van der Waals surface area contributed by atoms with E-state index in [9.17, 15) is 22.8 Å². The molecule has 0 spiro atoms. The molecule has 0 saturated carbocycles. The molecular weight excluding hydrogens is 523 g/mol. The highest BCUT2D eigenvalue weighted by molar-refractivity contribution is 8.15. The molecule has 4 rings (SSSR count). The van der Waals surface area contributed by atoms with E-state index in [1.54, 1.807) is 24.3 Å². The summed E-state index contributed by atoms with van der Waals surface area (Å²) in [5.41, 5.74) is 0.715. The maximum absolute atomic E-state index is 13.2. The first-order chi connectivity index (χ1) is 17.7. The number of para-hydroxylation sites is 1. The van der Waals surface area contributed by atoms with Crippen LogP contribution in [0.5, 0.6) is 0 Å². The van der Waals surface area contributed by atoms with E-state index in [0.29, 0.717) is 30.1 Å². The Kier molecular flexibility index (Phi) is 8.56. The van der Waals surface area contributed by atoms with Gasteiger partial charge in [-0.1, -0.05) is 71.9 Å². The molecule has 1 unspecified atom stereocenters. The molecule has 0 aromatic heterocycles. The van der Waals surface area contributed by atoms with Crippen molar-refractivity contribution in [2.24, 2.45) is 4.99 Å². The van der Waals surface area contributed by atoms with Crippen molar-refractivity contribution >= 4 is 51.7 Å². The lowest BCUT2D eigenvalue weighted by Gasteiger charge is -2.32. The standard InChI is InChI=1S/C27H23ClF3N3O2S/c28-21-13-4-5-14-22(21)33-25(36)23-17-24(35)34(15-7-10-18-8-2-1-3-9-18)26(37-23)32-20-12-6-11-19(16-20)27(29,30)31/h1-6,8-9,11-14,16,23H,7,10,15,17H2,(H,33,36). The van der Waals surface area contributed by atoms with E-state index >= 15 is 0 Å². The lowest BCUT2D eigenvalue weighted by Crippen LogP contribution is -2.45. The predicted octanol–water partition coefficient (Wildman–Crippen LogP) is 6.95. The largest absolute Gasteiger partial charge is 0.416 e. The topological polar surface area (TPSA) is 61.8 Å². The molecule has 3 aromatic rings. The first-order valence-electron chi connectivity index (χ1n) is 11.5. The number of amides is 2. The SMILES string of the molecule is O=C(Nc1ccccc1Cl)C1CC(=O)N(CCCc2ccccc2)C(=Nc2cccc(C(F)(F)F)c2)S1. The second-order valence-corrected chi connectivity index (χ2v) is 9.93. The van der Waals surface area contributed by atoms with Crippen LogP contribution >= 0.6 is 23.4 Å². The molecule has 1 heterocycles. The maximum atomic E-state index is 13.2. The van der Waals surface area contributed by atoms with Crippen molar-refractivity contribution in [1.82, 2.24) is 4.90 Å². The van der Waals surface area contributed by atoms with E-state index in [1.165, 1.54) is 17.0 Å². The number of amidine groups is 1. The highest BCUT2D eigenvalue weighted by Crippen LogP contribution is 2.34. The van der Waals surface area contributed by atoms with Crippen molar-refractivity contribution in [3.63, 3.8) is 0 Å². The van der Waals surface area contributed by atoms with Gasteiger partial charge < -0.3 is 5.32 Å². The molecule has 0 bridgehead atoms. The number of carbonyl (C=O) groups excluding carboxylic acids is 2. The number of halogens is 4. The average Bonchev–Trinajstić information content (AvgIpc) is 2.87. The summed E-state index contributed by atoms with van der Waals surface area (Å²) < 4.78 is 39.7. The summed E-state index contributed by atoms with van der Waals surface area (Å²) in [7, 11) is 0. The Hall–Kier alpha value is -3.30. The van der Waals surface area contributed by atoms with Gasteiger partial charge in [0.05, 0.1) is 22.0 Å².